The summed E-state index contributed by atoms with van der Waals surface area (Å²) in [5.41, 5.74) is 13.2. The molecule has 0 saturated carbocycles. The van der Waals surface area contributed by atoms with Gasteiger partial charge in [0, 0.05) is 123 Å². The Kier molecular flexibility index (Phi) is 13.2. The van der Waals surface area contributed by atoms with E-state index >= 15 is 4.39 Å². The van der Waals surface area contributed by atoms with Crippen molar-refractivity contribution in [2.45, 2.75) is 88.8 Å². The van der Waals surface area contributed by atoms with Crippen molar-refractivity contribution >= 4 is 57.8 Å². The fourth-order valence-electron chi connectivity index (χ4n) is 12.8. The molecule has 21 heteroatoms. The zero-order valence-corrected chi connectivity index (χ0v) is 44.2. The number of hydrogen-bond acceptors (Lipinski definition) is 15. The molecule has 5 fully saturated rings. The van der Waals surface area contributed by atoms with E-state index < -0.39 is 30.0 Å². The van der Waals surface area contributed by atoms with Gasteiger partial charge in [0.1, 0.15) is 34.8 Å². The molecule has 0 aliphatic carbocycles. The predicted octanol–water partition coefficient (Wildman–Crippen LogP) is 5.36. The minimum Gasteiger partial charge on any atom is -0.384 e. The number of aromatic nitrogens is 7. The lowest BCUT2D eigenvalue weighted by molar-refractivity contribution is -0.140. The number of fused-ring (bicyclic) bond motifs is 4. The van der Waals surface area contributed by atoms with Crippen LogP contribution in [0.4, 0.5) is 27.4 Å². The van der Waals surface area contributed by atoms with Gasteiger partial charge in [0.05, 0.1) is 41.4 Å². The molecule has 5 N–H and O–H groups in total. The van der Waals surface area contributed by atoms with Crippen LogP contribution >= 0.6 is 0 Å². The smallest absolute Gasteiger partial charge is 0.259 e. The summed E-state index contributed by atoms with van der Waals surface area (Å²) in [6, 6.07) is 21.8. The van der Waals surface area contributed by atoms with E-state index in [0.717, 1.165) is 96.9 Å². The first-order valence-corrected chi connectivity index (χ1v) is 27.5. The largest absolute Gasteiger partial charge is 0.384 e. The molecule has 408 valence electrons. The second-order valence-corrected chi connectivity index (χ2v) is 21.8. The van der Waals surface area contributed by atoms with E-state index in [1.165, 1.54) is 0 Å². The van der Waals surface area contributed by atoms with Crippen molar-refractivity contribution in [3.05, 3.63) is 131 Å². The number of imide groups is 1. The number of carbonyl (C=O) groups excluding carboxylic acids is 4. The van der Waals surface area contributed by atoms with Crippen LogP contribution in [0.1, 0.15) is 90.1 Å². The number of benzene rings is 2. The SMILES string of the molecule is Cc1nc2ccc(-c3ccnc(N)c3)nc2n1-c1ccc(N2C[C@@H]3C[C@H]2CN3CC#Cc2ccc(N3CCC(C(=O)N4CCC(n5cc(CNc6cccc7c6C(=O)N(C6CCC(=O)NC6=O)C7O)cn5)CC4)CC3)nc2)c(F)c1. The highest BCUT2D eigenvalue weighted by atomic mass is 19.1. The maximum atomic E-state index is 16.1. The minimum absolute atomic E-state index is 0.0304. The minimum atomic E-state index is -1.30. The van der Waals surface area contributed by atoms with Gasteiger partial charge in [-0.3, -0.25) is 43.5 Å². The number of amides is 4. The van der Waals surface area contributed by atoms with Gasteiger partial charge < -0.3 is 30.9 Å². The van der Waals surface area contributed by atoms with Crippen molar-refractivity contribution in [2.75, 3.05) is 66.7 Å². The van der Waals surface area contributed by atoms with Crippen LogP contribution in [0.2, 0.25) is 0 Å². The summed E-state index contributed by atoms with van der Waals surface area (Å²) in [7, 11) is 0. The number of nitrogens with zero attached hydrogens (tertiary/aromatic N) is 12. The van der Waals surface area contributed by atoms with Crippen molar-refractivity contribution in [1.82, 2.24) is 54.3 Å². The number of pyridine rings is 3. The summed E-state index contributed by atoms with van der Waals surface area (Å²) in [5, 5.41) is 21.4. The third kappa shape index (κ3) is 9.51. The van der Waals surface area contributed by atoms with E-state index in [0.29, 0.717) is 71.7 Å². The van der Waals surface area contributed by atoms with Gasteiger partial charge >= 0.3 is 0 Å². The van der Waals surface area contributed by atoms with Gasteiger partial charge in [0.25, 0.3) is 5.91 Å². The van der Waals surface area contributed by atoms with E-state index in [1.54, 1.807) is 42.7 Å². The zero-order chi connectivity index (χ0) is 54.8. The number of aliphatic hydroxyl groups is 1. The highest BCUT2D eigenvalue weighted by Crippen LogP contribution is 2.40. The Hall–Kier alpha value is -8.74. The third-order valence-corrected chi connectivity index (χ3v) is 17.0. The number of nitrogens with two attached hydrogens (primary N) is 1. The van der Waals surface area contributed by atoms with Gasteiger partial charge in [-0.25, -0.2) is 24.3 Å². The van der Waals surface area contributed by atoms with Crippen molar-refractivity contribution < 1.29 is 28.7 Å². The molecule has 5 aromatic heterocycles. The molecule has 7 aromatic rings. The first kappa shape index (κ1) is 50.7. The van der Waals surface area contributed by atoms with Crippen molar-refractivity contribution in [3.8, 4) is 28.8 Å². The molecule has 5 saturated heterocycles. The maximum Gasteiger partial charge on any atom is 0.259 e. The maximum absolute atomic E-state index is 16.1. The summed E-state index contributed by atoms with van der Waals surface area (Å²) >= 11 is 0. The monoisotopic (exact) mass is 1080 g/mol. The molecule has 2 aromatic carbocycles. The summed E-state index contributed by atoms with van der Waals surface area (Å²) in [6.45, 7) is 7.28. The van der Waals surface area contributed by atoms with Crippen molar-refractivity contribution in [3.63, 3.8) is 0 Å². The Morgan fingerprint density at radius 3 is 2.51 bits per heavy atom. The summed E-state index contributed by atoms with van der Waals surface area (Å²) < 4.78 is 19.9. The highest BCUT2D eigenvalue weighted by molar-refractivity contribution is 6.08. The molecule has 6 aliphatic rings. The van der Waals surface area contributed by atoms with E-state index in [9.17, 15) is 24.3 Å². The lowest BCUT2D eigenvalue weighted by Crippen LogP contribution is -2.53. The fraction of sp³-hybridized carbons (Fsp3) is 0.373. The summed E-state index contributed by atoms with van der Waals surface area (Å²) in [6.07, 6.45) is 10.3. The predicted molar refractivity (Wildman–Crippen MR) is 297 cm³/mol. The molecule has 13 rings (SSSR count). The number of anilines is 4. The number of halogens is 1. The molecule has 4 atom stereocenters. The van der Waals surface area contributed by atoms with Gasteiger partial charge in [-0.1, -0.05) is 24.0 Å². The fourth-order valence-corrected chi connectivity index (χ4v) is 12.8. The third-order valence-electron chi connectivity index (χ3n) is 17.0. The molecular formula is C59H60FN15O5. The quantitative estimate of drug-likeness (QED) is 0.0944. The lowest BCUT2D eigenvalue weighted by Gasteiger charge is -2.37. The van der Waals surface area contributed by atoms with Crippen LogP contribution in [0, 0.1) is 30.5 Å². The van der Waals surface area contributed by atoms with Crippen LogP contribution in [-0.4, -0.2) is 142 Å². The topological polar surface area (TPSA) is 229 Å². The molecule has 2 bridgehead atoms. The Bertz CT molecular complexity index is 3650. The molecule has 20 nitrogen and oxygen atoms in total. The molecule has 0 radical (unpaired) electrons. The van der Waals surface area contributed by atoms with E-state index in [-0.39, 0.29) is 48.6 Å². The number of hydrogen-bond donors (Lipinski definition) is 4. The molecule has 2 unspecified atom stereocenters. The Morgan fingerprint density at radius 1 is 0.900 bits per heavy atom. The van der Waals surface area contributed by atoms with E-state index in [1.807, 2.05) is 75.9 Å². The number of nitrogen functional groups attached to an aromatic ring is 1. The van der Waals surface area contributed by atoms with Crippen LogP contribution in [0.5, 0.6) is 0 Å². The van der Waals surface area contributed by atoms with Gasteiger partial charge in [-0.2, -0.15) is 5.10 Å². The number of imidazole rings is 1. The number of piperazine rings is 1. The van der Waals surface area contributed by atoms with Gasteiger partial charge in [-0.05, 0) is 100 Å². The number of carbonyl (C=O) groups is 4. The molecule has 4 amide bonds. The summed E-state index contributed by atoms with van der Waals surface area (Å²) in [4.78, 5) is 80.2. The van der Waals surface area contributed by atoms with E-state index in [2.05, 4.69) is 47.3 Å². The molecule has 6 aliphatic heterocycles. The number of likely N-dealkylation sites (tertiary alicyclic amines) is 2. The summed E-state index contributed by atoms with van der Waals surface area (Å²) in [5.74, 6) is 7.16. The zero-order valence-electron chi connectivity index (χ0n) is 44.2. The van der Waals surface area contributed by atoms with Crippen LogP contribution in [0.3, 0.4) is 0 Å². The second-order valence-electron chi connectivity index (χ2n) is 21.8. The molecular weight excluding hydrogens is 1020 g/mol. The molecule has 11 heterocycles. The van der Waals surface area contributed by atoms with Crippen LogP contribution in [0.15, 0.2) is 97.6 Å². The van der Waals surface area contributed by atoms with E-state index in [4.69, 9.17) is 20.7 Å². The van der Waals surface area contributed by atoms with Gasteiger partial charge in [-0.15, -0.1) is 0 Å². The average Bonchev–Trinajstić information content (AvgIpc) is 4.41. The normalized spacial score (nSPS) is 21.6. The van der Waals surface area contributed by atoms with Crippen LogP contribution < -0.4 is 26.2 Å². The van der Waals surface area contributed by atoms with Crippen molar-refractivity contribution in [2.24, 2.45) is 5.92 Å². The van der Waals surface area contributed by atoms with Crippen LogP contribution in [0.25, 0.3) is 28.1 Å². The Labute approximate surface area is 460 Å². The van der Waals surface area contributed by atoms with Crippen molar-refractivity contribution in [1.29, 1.82) is 0 Å². The van der Waals surface area contributed by atoms with Gasteiger partial charge in [0.15, 0.2) is 11.9 Å². The average molecular weight is 1080 g/mol. The van der Waals surface area contributed by atoms with Gasteiger partial charge in [0.2, 0.25) is 17.7 Å². The highest BCUT2D eigenvalue weighted by Gasteiger charge is 2.46. The number of aliphatic hydroxyl groups excluding tert-OH is 1. The lowest BCUT2D eigenvalue weighted by atomic mass is 9.93. The number of rotatable bonds is 11. The standard InChI is InChI=1S/C59H60FN15O5/c1-35-66-48-10-9-46(39-15-20-62-51(61)26-39)67-55(48)74(35)41-8-11-49(45(60)28-41)72-34-42-27-43(72)33-71(42)21-3-4-36-7-13-52(64-29-36)69-22-16-38(17-23-69)57(78)70-24-18-40(19-25-70)73-32-37(31-65-73)30-63-47-6-2-5-44-54(47)59(80)75(58(44)79)50-12-14-53(76)68-56(50)77/h2,5-11,13,15,20,26,28-29,31-32,38,40,42-43,50,58,63,79H,12,14,16-19,21-25,27,30,33-34H2,1H3,(H2,61,62)(H,68,76,77)/t42-,43-,50?,58?/m0/s1. The first-order chi connectivity index (χ1) is 38.9. The number of aryl methyl sites for hydroxylation is 1. The molecule has 0 spiro atoms. The number of nitrogens with one attached hydrogen (secondary N) is 2. The Balaban J connectivity index is 0.550. The Morgan fingerprint density at radius 2 is 1.75 bits per heavy atom. The first-order valence-electron chi connectivity index (χ1n) is 27.5. The number of piperidine rings is 3. The second kappa shape index (κ2) is 20.8. The van der Waals surface area contributed by atoms with Crippen LogP contribution in [-0.2, 0) is 20.9 Å². The molecule has 80 heavy (non-hydrogen) atoms.